The van der Waals surface area contributed by atoms with Crippen molar-refractivity contribution in [2.45, 2.75) is 72.1 Å². The summed E-state index contributed by atoms with van der Waals surface area (Å²) in [5.74, 6) is 2.75. The molecule has 1 heterocycles. The van der Waals surface area contributed by atoms with Gasteiger partial charge in [-0.3, -0.25) is 0 Å². The summed E-state index contributed by atoms with van der Waals surface area (Å²) in [7, 11) is 0. The molecular formula is C25H34O4. The number of benzene rings is 2. The molecule has 1 atom stereocenters. The third-order valence-electron chi connectivity index (χ3n) is 5.52. The maximum Gasteiger partial charge on any atom is 0.231 e. The van der Waals surface area contributed by atoms with Crippen molar-refractivity contribution >= 4 is 0 Å². The zero-order chi connectivity index (χ0) is 21.6. The average molecular weight is 399 g/mol. The summed E-state index contributed by atoms with van der Waals surface area (Å²) in [6.07, 6.45) is 0. The van der Waals surface area contributed by atoms with Crippen LogP contribution in [0.1, 0.15) is 83.6 Å². The summed E-state index contributed by atoms with van der Waals surface area (Å²) in [6.45, 7) is 17.8. The summed E-state index contributed by atoms with van der Waals surface area (Å²) in [5, 5.41) is 11.0. The Labute approximate surface area is 174 Å². The summed E-state index contributed by atoms with van der Waals surface area (Å²) in [6, 6.07) is 8.22. The van der Waals surface area contributed by atoms with Crippen LogP contribution in [0.5, 0.6) is 23.0 Å². The monoisotopic (exact) mass is 398 g/mol. The number of fused-ring (bicyclic) bond motifs is 1. The molecule has 1 N–H and O–H groups in total. The van der Waals surface area contributed by atoms with Gasteiger partial charge in [-0.1, -0.05) is 60.6 Å². The SMILES string of the molecule is CCOc1cc2c(cc1[C@H](C)c1cc(C(C)(C)C)c(O)c(C(C)(C)C)c1)OCO2. The lowest BCUT2D eigenvalue weighted by Gasteiger charge is -2.29. The first-order chi connectivity index (χ1) is 13.4. The topological polar surface area (TPSA) is 47.9 Å². The van der Waals surface area contributed by atoms with Crippen LogP contribution in [0.2, 0.25) is 0 Å². The van der Waals surface area contributed by atoms with E-state index in [1.807, 2.05) is 19.1 Å². The lowest BCUT2D eigenvalue weighted by Crippen LogP contribution is -2.18. The first-order valence-electron chi connectivity index (χ1n) is 10.4. The Bertz CT molecular complexity index is 865. The van der Waals surface area contributed by atoms with E-state index in [4.69, 9.17) is 14.2 Å². The highest BCUT2D eigenvalue weighted by Gasteiger charge is 2.29. The van der Waals surface area contributed by atoms with Crippen LogP contribution < -0.4 is 14.2 Å². The van der Waals surface area contributed by atoms with Gasteiger partial charge in [-0.15, -0.1) is 0 Å². The Balaban J connectivity index is 2.18. The quantitative estimate of drug-likeness (QED) is 0.660. The normalized spacial score (nSPS) is 14.8. The van der Waals surface area contributed by atoms with Gasteiger partial charge in [0.1, 0.15) is 11.5 Å². The minimum Gasteiger partial charge on any atom is -0.507 e. The van der Waals surface area contributed by atoms with Crippen LogP contribution in [0.25, 0.3) is 0 Å². The molecule has 0 spiro atoms. The number of rotatable bonds is 4. The van der Waals surface area contributed by atoms with E-state index in [1.54, 1.807) is 0 Å². The molecule has 1 aliphatic heterocycles. The van der Waals surface area contributed by atoms with Crippen LogP contribution >= 0.6 is 0 Å². The molecule has 0 radical (unpaired) electrons. The Kier molecular flexibility index (Phi) is 5.50. The molecule has 0 unspecified atom stereocenters. The second-order valence-corrected chi connectivity index (χ2v) is 9.86. The first kappa shape index (κ1) is 21.4. The number of phenolic OH excluding ortho intramolecular Hbond substituents is 1. The fourth-order valence-corrected chi connectivity index (χ4v) is 3.79. The van der Waals surface area contributed by atoms with Gasteiger partial charge in [0.2, 0.25) is 6.79 Å². The molecule has 0 amide bonds. The van der Waals surface area contributed by atoms with E-state index in [9.17, 15) is 5.11 Å². The molecule has 0 bridgehead atoms. The van der Waals surface area contributed by atoms with E-state index < -0.39 is 0 Å². The van der Waals surface area contributed by atoms with Gasteiger partial charge >= 0.3 is 0 Å². The lowest BCUT2D eigenvalue weighted by molar-refractivity contribution is 0.173. The average Bonchev–Trinajstić information content (AvgIpc) is 3.06. The molecule has 3 rings (SSSR count). The summed E-state index contributed by atoms with van der Waals surface area (Å²) < 4.78 is 17.1. The number of phenols is 1. The van der Waals surface area contributed by atoms with Gasteiger partial charge in [-0.2, -0.15) is 0 Å². The first-order valence-corrected chi connectivity index (χ1v) is 10.4. The minimum atomic E-state index is -0.169. The van der Waals surface area contributed by atoms with Crippen LogP contribution in [0, 0.1) is 0 Å². The highest BCUT2D eigenvalue weighted by atomic mass is 16.7. The molecule has 29 heavy (non-hydrogen) atoms. The molecule has 2 aromatic carbocycles. The van der Waals surface area contributed by atoms with E-state index in [1.165, 1.54) is 0 Å². The van der Waals surface area contributed by atoms with E-state index in [2.05, 4.69) is 60.6 Å². The van der Waals surface area contributed by atoms with Gasteiger partial charge in [0, 0.05) is 17.5 Å². The van der Waals surface area contributed by atoms with E-state index in [-0.39, 0.29) is 23.5 Å². The fraction of sp³-hybridized carbons (Fsp3) is 0.520. The van der Waals surface area contributed by atoms with Crippen molar-refractivity contribution in [3.05, 3.63) is 46.5 Å². The Morgan fingerprint density at radius 3 is 1.93 bits per heavy atom. The van der Waals surface area contributed by atoms with Crippen LogP contribution in [0.3, 0.4) is 0 Å². The van der Waals surface area contributed by atoms with Gasteiger partial charge in [-0.25, -0.2) is 0 Å². The van der Waals surface area contributed by atoms with Crippen LogP contribution in [-0.4, -0.2) is 18.5 Å². The highest BCUT2D eigenvalue weighted by Crippen LogP contribution is 2.45. The largest absolute Gasteiger partial charge is 0.507 e. The maximum atomic E-state index is 11.0. The number of ether oxygens (including phenoxy) is 3. The third-order valence-corrected chi connectivity index (χ3v) is 5.52. The lowest BCUT2D eigenvalue weighted by atomic mass is 9.76. The zero-order valence-electron chi connectivity index (χ0n) is 19.0. The molecule has 2 aromatic rings. The van der Waals surface area contributed by atoms with Crippen molar-refractivity contribution < 1.29 is 19.3 Å². The maximum absolute atomic E-state index is 11.0. The Hall–Kier alpha value is -2.36. The second kappa shape index (κ2) is 7.47. The standard InChI is InChI=1S/C25H34O4/c1-9-27-20-13-22-21(28-14-29-22)12-17(20)15(2)16-10-18(24(3,4)5)23(26)19(11-16)25(6,7)8/h10-13,15,26H,9,14H2,1-8H3/t15-/m1/s1. The summed E-state index contributed by atoms with van der Waals surface area (Å²) in [4.78, 5) is 0. The van der Waals surface area contributed by atoms with Crippen LogP contribution in [-0.2, 0) is 10.8 Å². The van der Waals surface area contributed by atoms with Crippen molar-refractivity contribution in [3.63, 3.8) is 0 Å². The smallest absolute Gasteiger partial charge is 0.231 e. The molecule has 0 saturated heterocycles. The molecule has 4 heteroatoms. The Morgan fingerprint density at radius 1 is 0.931 bits per heavy atom. The molecule has 4 nitrogen and oxygen atoms in total. The van der Waals surface area contributed by atoms with Gasteiger partial charge < -0.3 is 19.3 Å². The molecular weight excluding hydrogens is 364 g/mol. The predicted octanol–water partition coefficient (Wildman–Crippen LogP) is 6.27. The van der Waals surface area contributed by atoms with E-state index in [0.717, 1.165) is 39.5 Å². The van der Waals surface area contributed by atoms with Crippen LogP contribution in [0.15, 0.2) is 24.3 Å². The molecule has 0 saturated carbocycles. The zero-order valence-corrected chi connectivity index (χ0v) is 19.0. The van der Waals surface area contributed by atoms with Crippen molar-refractivity contribution in [2.75, 3.05) is 13.4 Å². The fourth-order valence-electron chi connectivity index (χ4n) is 3.79. The highest BCUT2D eigenvalue weighted by molar-refractivity contribution is 5.57. The third kappa shape index (κ3) is 4.17. The van der Waals surface area contributed by atoms with Crippen molar-refractivity contribution in [1.82, 2.24) is 0 Å². The molecule has 0 fully saturated rings. The molecule has 0 aliphatic carbocycles. The van der Waals surface area contributed by atoms with Crippen molar-refractivity contribution in [3.8, 4) is 23.0 Å². The predicted molar refractivity (Wildman–Crippen MR) is 117 cm³/mol. The van der Waals surface area contributed by atoms with E-state index >= 15 is 0 Å². The summed E-state index contributed by atoms with van der Waals surface area (Å²) >= 11 is 0. The summed E-state index contributed by atoms with van der Waals surface area (Å²) in [5.41, 5.74) is 3.80. The van der Waals surface area contributed by atoms with Crippen molar-refractivity contribution in [1.29, 1.82) is 0 Å². The molecule has 0 aromatic heterocycles. The minimum absolute atomic E-state index is 0.0637. The van der Waals surface area contributed by atoms with Crippen molar-refractivity contribution in [2.24, 2.45) is 0 Å². The number of hydrogen-bond donors (Lipinski definition) is 1. The van der Waals surface area contributed by atoms with Gasteiger partial charge in [0.05, 0.1) is 6.61 Å². The molecule has 158 valence electrons. The van der Waals surface area contributed by atoms with Gasteiger partial charge in [-0.05, 0) is 40.5 Å². The second-order valence-electron chi connectivity index (χ2n) is 9.86. The Morgan fingerprint density at radius 2 is 1.45 bits per heavy atom. The number of aromatic hydroxyl groups is 1. The van der Waals surface area contributed by atoms with E-state index in [0.29, 0.717) is 12.4 Å². The van der Waals surface area contributed by atoms with Gasteiger partial charge in [0.15, 0.2) is 11.5 Å². The van der Waals surface area contributed by atoms with Gasteiger partial charge in [0.25, 0.3) is 0 Å². The van der Waals surface area contributed by atoms with Crippen LogP contribution in [0.4, 0.5) is 0 Å². The number of hydrogen-bond acceptors (Lipinski definition) is 4. The molecule has 1 aliphatic rings.